The minimum absolute atomic E-state index is 0.0197. The second-order valence-electron chi connectivity index (χ2n) is 19.7. The normalized spacial score (nSPS) is 11.2. The van der Waals surface area contributed by atoms with Gasteiger partial charge in [-0.25, -0.2) is 29.9 Å². The highest BCUT2D eigenvalue weighted by atomic mass is 35.5. The number of hydrogen-bond acceptors (Lipinski definition) is 15. The average Bonchev–Trinajstić information content (AvgIpc) is 2.39. The highest BCUT2D eigenvalue weighted by Gasteiger charge is 2.38. The summed E-state index contributed by atoms with van der Waals surface area (Å²) in [7, 11) is 3.35. The number of carbonyl (C=O) groups is 1. The number of pyridine rings is 7. The first-order valence-corrected chi connectivity index (χ1v) is 27.4. The molecule has 430 valence electrons. The summed E-state index contributed by atoms with van der Waals surface area (Å²) in [5.41, 5.74) is 4.68. The zero-order chi connectivity index (χ0) is 60.8. The number of phenols is 5. The molecular weight excluding hydrogens is 1130 g/mol. The third kappa shape index (κ3) is 12.3. The zero-order valence-corrected chi connectivity index (χ0v) is 47.1. The number of aromatic nitrogens is 7. The van der Waals surface area contributed by atoms with Gasteiger partial charge in [0.25, 0.3) is 0 Å². The van der Waals surface area contributed by atoms with E-state index in [1.165, 1.54) is 54.6 Å². The Morgan fingerprint density at radius 3 is 1.18 bits per heavy atom. The van der Waals surface area contributed by atoms with Gasteiger partial charge in [0.1, 0.15) is 102 Å². The second-order valence-corrected chi connectivity index (χ2v) is 20.1. The molecule has 14 aromatic rings. The minimum atomic E-state index is -3.48. The highest BCUT2D eigenvalue weighted by molar-refractivity contribution is 6.35. The number of ketones is 1. The van der Waals surface area contributed by atoms with Gasteiger partial charge in [0.15, 0.2) is 0 Å². The van der Waals surface area contributed by atoms with Crippen molar-refractivity contribution in [1.82, 2.24) is 34.9 Å². The Morgan fingerprint density at radius 2 is 0.770 bits per heavy atom. The number of ether oxygens (including phenoxy) is 2. The lowest BCUT2D eigenvalue weighted by Crippen LogP contribution is -2.18. The molecule has 0 atom stereocenters. The number of para-hydroxylation sites is 6. The third-order valence-electron chi connectivity index (χ3n) is 14.2. The molecule has 0 aliphatic rings. The third-order valence-corrected chi connectivity index (χ3v) is 14.5. The molecule has 7 heterocycles. The number of hydrogen-bond donors (Lipinski definition) is 5. The van der Waals surface area contributed by atoms with E-state index in [9.17, 15) is 39.1 Å². The number of aromatic hydroxyl groups is 5. The van der Waals surface area contributed by atoms with Crippen LogP contribution in [0.4, 0.5) is 8.78 Å². The molecule has 0 bridgehead atoms. The summed E-state index contributed by atoms with van der Waals surface area (Å²) in [4.78, 5) is 42.6. The first-order chi connectivity index (χ1) is 42.2. The molecule has 0 saturated heterocycles. The molecular formula is C69H50ClF2N7O8. The summed E-state index contributed by atoms with van der Waals surface area (Å²) >= 11 is 5.88. The summed E-state index contributed by atoms with van der Waals surface area (Å²) in [5.74, 6) is -2.38. The van der Waals surface area contributed by atoms with Crippen molar-refractivity contribution in [2.24, 2.45) is 0 Å². The molecule has 0 aliphatic carbocycles. The van der Waals surface area contributed by atoms with E-state index < -0.39 is 17.3 Å². The van der Waals surface area contributed by atoms with Gasteiger partial charge in [0.05, 0.1) is 19.2 Å². The quantitative estimate of drug-likeness (QED) is 0.0847. The monoisotopic (exact) mass is 1180 g/mol. The van der Waals surface area contributed by atoms with Crippen molar-refractivity contribution < 1.29 is 48.6 Å². The Labute approximate surface area is 499 Å². The van der Waals surface area contributed by atoms with Gasteiger partial charge in [-0.05, 0) is 110 Å². The van der Waals surface area contributed by atoms with Gasteiger partial charge in [-0.3, -0.25) is 9.78 Å². The molecule has 0 amide bonds. The Balaban J connectivity index is 0.000000124. The minimum Gasteiger partial charge on any atom is -0.506 e. The molecule has 14 rings (SSSR count). The number of halogens is 3. The Hall–Kier alpha value is -11.2. The van der Waals surface area contributed by atoms with Crippen LogP contribution in [0, 0.1) is 0 Å². The maximum Gasteiger partial charge on any atom is 0.331 e. The van der Waals surface area contributed by atoms with E-state index in [1.54, 1.807) is 93.2 Å². The van der Waals surface area contributed by atoms with Crippen molar-refractivity contribution in [2.75, 3.05) is 14.2 Å². The molecule has 0 radical (unpaired) electrons. The zero-order valence-electron chi connectivity index (χ0n) is 46.3. The number of alkyl halides is 2. The molecule has 0 saturated carbocycles. The van der Waals surface area contributed by atoms with E-state index in [1.807, 2.05) is 54.6 Å². The predicted octanol–water partition coefficient (Wildman–Crippen LogP) is 14.9. The van der Waals surface area contributed by atoms with Crippen LogP contribution in [0.1, 0.15) is 39.0 Å². The number of nitrogens with zero attached hydrogens (tertiary/aromatic N) is 7. The molecule has 18 heteroatoms. The molecule has 5 N–H and O–H groups in total. The van der Waals surface area contributed by atoms with Gasteiger partial charge in [-0.1, -0.05) is 121 Å². The summed E-state index contributed by atoms with van der Waals surface area (Å²) in [5, 5.41) is 55.1. The van der Waals surface area contributed by atoms with Crippen LogP contribution in [0.2, 0.25) is 5.02 Å². The van der Waals surface area contributed by atoms with Crippen LogP contribution in [0.3, 0.4) is 0 Å². The molecule has 0 fully saturated rings. The van der Waals surface area contributed by atoms with Crippen LogP contribution < -0.4 is 9.47 Å². The molecule has 87 heavy (non-hydrogen) atoms. The lowest BCUT2D eigenvalue weighted by molar-refractivity contribution is 0.0339. The largest absolute Gasteiger partial charge is 0.506 e. The molecule has 7 aromatic heterocycles. The number of fused-ring (bicyclic) bond motifs is 7. The number of benzene rings is 7. The van der Waals surface area contributed by atoms with Crippen LogP contribution in [-0.4, -0.2) is 80.4 Å². The molecule has 0 aliphatic heterocycles. The topological polar surface area (TPSA) is 227 Å². The maximum atomic E-state index is 14.9. The lowest BCUT2D eigenvalue weighted by Gasteiger charge is -2.16. The van der Waals surface area contributed by atoms with Gasteiger partial charge < -0.3 is 35.0 Å². The van der Waals surface area contributed by atoms with Gasteiger partial charge in [0.2, 0.25) is 5.78 Å². The summed E-state index contributed by atoms with van der Waals surface area (Å²) in [6.07, 6.45) is 3.27. The number of methoxy groups -OCH3 is 2. The molecule has 7 aromatic carbocycles. The summed E-state index contributed by atoms with van der Waals surface area (Å²) in [6.45, 7) is 0. The van der Waals surface area contributed by atoms with Crippen molar-refractivity contribution in [1.29, 1.82) is 0 Å². The van der Waals surface area contributed by atoms with E-state index in [2.05, 4.69) is 49.2 Å². The fourth-order valence-electron chi connectivity index (χ4n) is 9.70. The van der Waals surface area contributed by atoms with Crippen LogP contribution >= 0.6 is 11.6 Å². The van der Waals surface area contributed by atoms with Gasteiger partial charge in [-0.2, -0.15) is 8.78 Å². The van der Waals surface area contributed by atoms with Crippen LogP contribution in [0.15, 0.2) is 212 Å². The SMILES string of the molecule is COc1cccc2ccc(CCc3ccc4cccc(OC)c4n3)nc12.O=C(c1ccc2cccc(O)c2n1)c1ccc2cccc(O)c2n1.Oc1ccc(Cl)c2cccnc12.Oc1cccc2ccc(C(F)(F)c3ccc4cccc(O)c4n3)nc12. The Morgan fingerprint density at radius 1 is 0.402 bits per heavy atom. The van der Waals surface area contributed by atoms with E-state index in [0.29, 0.717) is 32.3 Å². The fourth-order valence-corrected chi connectivity index (χ4v) is 9.91. The van der Waals surface area contributed by atoms with E-state index in [-0.39, 0.29) is 57.0 Å². The van der Waals surface area contributed by atoms with Crippen LogP contribution in [-0.2, 0) is 18.8 Å². The van der Waals surface area contributed by atoms with Crippen molar-refractivity contribution in [3.8, 4) is 40.2 Å². The highest BCUT2D eigenvalue weighted by Crippen LogP contribution is 2.38. The number of phenolic OH excluding ortho intramolecular Hbond substituents is 5. The number of carbonyl (C=O) groups excluding carboxylic acids is 1. The standard InChI is InChI=1S/C22H20N2O2.C19H12F2N2O2.C19H12N2O3.C9H6ClNO/c1-25-19-7-3-5-15-9-11-17(23-21(15)19)13-14-18-12-10-16-6-4-8-20(26-2)22(16)24-18;20-19(21,15-9-7-11-3-1-5-13(24)17(11)22-15)16-10-8-12-4-2-6-14(25)18(12)23-16;22-15-5-1-3-11-7-9-13(20-17(11)15)19(24)14-10-8-12-4-2-6-16(23)18(12)21-14;10-7-3-4-8(12)9-6(7)2-1-5-11-9/h3-12H,13-14H2,1-2H3;1-10,24-25H;1-10,22-23H;1-5,12H. The summed E-state index contributed by atoms with van der Waals surface area (Å²) < 4.78 is 40.7. The maximum absolute atomic E-state index is 14.9. The second kappa shape index (κ2) is 25.0. The Kier molecular flexibility index (Phi) is 16.5. The van der Waals surface area contributed by atoms with Gasteiger partial charge in [-0.15, -0.1) is 0 Å². The summed E-state index contributed by atoms with van der Waals surface area (Å²) in [6, 6.07) is 58.6. The Bertz CT molecular complexity index is 4620. The number of rotatable bonds is 9. The van der Waals surface area contributed by atoms with E-state index in [0.717, 1.165) is 73.7 Å². The average molecular weight is 1180 g/mol. The first-order valence-electron chi connectivity index (χ1n) is 27.0. The van der Waals surface area contributed by atoms with E-state index >= 15 is 0 Å². The van der Waals surface area contributed by atoms with Gasteiger partial charge in [0, 0.05) is 55.3 Å². The van der Waals surface area contributed by atoms with Crippen molar-refractivity contribution in [2.45, 2.75) is 18.8 Å². The molecule has 0 unspecified atom stereocenters. The van der Waals surface area contributed by atoms with Gasteiger partial charge >= 0.3 is 5.92 Å². The van der Waals surface area contributed by atoms with Crippen molar-refractivity contribution in [3.63, 3.8) is 0 Å². The molecule has 0 spiro atoms. The van der Waals surface area contributed by atoms with Crippen LogP contribution in [0.25, 0.3) is 76.3 Å². The lowest BCUT2D eigenvalue weighted by atomic mass is 10.1. The molecule has 15 nitrogen and oxygen atoms in total. The number of aryl methyl sites for hydroxylation is 2. The van der Waals surface area contributed by atoms with Crippen molar-refractivity contribution in [3.05, 3.63) is 252 Å². The van der Waals surface area contributed by atoms with E-state index in [4.69, 9.17) is 31.0 Å². The predicted molar refractivity (Wildman–Crippen MR) is 332 cm³/mol. The van der Waals surface area contributed by atoms with Crippen LogP contribution in [0.5, 0.6) is 40.2 Å². The first kappa shape index (κ1) is 57.6. The smallest absolute Gasteiger partial charge is 0.331 e. The van der Waals surface area contributed by atoms with Crippen molar-refractivity contribution >= 4 is 93.7 Å². The fraction of sp³-hybridized carbons (Fsp3) is 0.0725.